The normalized spacial score (nSPS) is 25.4. The van der Waals surface area contributed by atoms with Crippen LogP contribution in [0.15, 0.2) is 0 Å². The van der Waals surface area contributed by atoms with Crippen molar-refractivity contribution in [3.63, 3.8) is 0 Å². The van der Waals surface area contributed by atoms with Gasteiger partial charge in [-0.1, -0.05) is 6.92 Å². The molecule has 1 fully saturated rings. The molecule has 1 heterocycles. The van der Waals surface area contributed by atoms with Gasteiger partial charge in [0.05, 0.1) is 0 Å². The minimum atomic E-state index is -0.427. The van der Waals surface area contributed by atoms with Gasteiger partial charge >= 0.3 is 6.03 Å². The third kappa shape index (κ3) is 1.69. The smallest absolute Gasteiger partial charge is 0.314 e. The number of carbonyl (C=O) groups is 2. The van der Waals surface area contributed by atoms with Gasteiger partial charge in [-0.15, -0.1) is 0 Å². The zero-order chi connectivity index (χ0) is 8.43. The van der Waals surface area contributed by atoms with E-state index in [1.807, 2.05) is 6.92 Å². The van der Waals surface area contributed by atoms with E-state index >= 15 is 0 Å². The molecule has 0 aromatic rings. The molecule has 4 nitrogen and oxygen atoms in total. The van der Waals surface area contributed by atoms with E-state index in [-0.39, 0.29) is 11.7 Å². The van der Waals surface area contributed by atoms with Crippen LogP contribution in [0.4, 0.5) is 4.79 Å². The summed E-state index contributed by atoms with van der Waals surface area (Å²) in [4.78, 5) is 23.1. The number of carbonyl (C=O) groups excluding carboxylic acids is 2. The van der Waals surface area contributed by atoms with Crippen LogP contribution in [-0.2, 0) is 4.79 Å². The summed E-state index contributed by atoms with van der Waals surface area (Å²) in [6.45, 7) is 2.78. The Hall–Kier alpha value is -1.06. The van der Waals surface area contributed by atoms with Gasteiger partial charge < -0.3 is 10.6 Å². The van der Waals surface area contributed by atoms with Crippen molar-refractivity contribution in [2.45, 2.75) is 13.3 Å². The van der Waals surface area contributed by atoms with Gasteiger partial charge in [0.25, 0.3) is 0 Å². The van der Waals surface area contributed by atoms with Crippen LogP contribution in [0.1, 0.15) is 13.3 Å². The maximum atomic E-state index is 11.0. The molecule has 1 rings (SSSR count). The molecule has 0 aromatic heterocycles. The van der Waals surface area contributed by atoms with Crippen molar-refractivity contribution in [2.75, 3.05) is 13.1 Å². The number of nitrogens with two attached hydrogens (primary N) is 1. The number of amides is 2. The van der Waals surface area contributed by atoms with Crippen LogP contribution in [0.25, 0.3) is 0 Å². The van der Waals surface area contributed by atoms with Crippen molar-refractivity contribution < 1.29 is 9.59 Å². The lowest BCUT2D eigenvalue weighted by Crippen LogP contribution is -2.45. The first-order chi connectivity index (χ1) is 5.11. The third-order valence-electron chi connectivity index (χ3n) is 1.98. The average molecular weight is 156 g/mol. The average Bonchev–Trinajstić information content (AvgIpc) is 1.94. The largest absolute Gasteiger partial charge is 0.351 e. The summed E-state index contributed by atoms with van der Waals surface area (Å²) in [5.41, 5.74) is 5.05. The molecule has 1 aliphatic heterocycles. The standard InChI is InChI=1S/C7H12N2O2/c1-5-4-9(7(8)11)3-2-6(5)10/h5H,2-4H2,1H3,(H2,8,11). The first-order valence-electron chi connectivity index (χ1n) is 3.68. The molecule has 0 spiro atoms. The summed E-state index contributed by atoms with van der Waals surface area (Å²) >= 11 is 0. The van der Waals surface area contributed by atoms with E-state index in [4.69, 9.17) is 5.73 Å². The van der Waals surface area contributed by atoms with E-state index in [2.05, 4.69) is 0 Å². The lowest BCUT2D eigenvalue weighted by molar-refractivity contribution is -0.124. The molecule has 2 amide bonds. The van der Waals surface area contributed by atoms with Crippen LogP contribution in [0.3, 0.4) is 0 Å². The van der Waals surface area contributed by atoms with Gasteiger partial charge in [-0.2, -0.15) is 0 Å². The minimum absolute atomic E-state index is 0.0451. The van der Waals surface area contributed by atoms with E-state index in [0.717, 1.165) is 0 Å². The van der Waals surface area contributed by atoms with E-state index in [0.29, 0.717) is 19.5 Å². The Labute approximate surface area is 65.3 Å². The monoisotopic (exact) mass is 156 g/mol. The summed E-state index contributed by atoms with van der Waals surface area (Å²) in [6.07, 6.45) is 0.449. The van der Waals surface area contributed by atoms with Crippen molar-refractivity contribution in [3.8, 4) is 0 Å². The van der Waals surface area contributed by atoms with Gasteiger partial charge in [0.15, 0.2) is 0 Å². The Bertz CT molecular complexity index is 191. The SMILES string of the molecule is CC1CN(C(N)=O)CCC1=O. The van der Waals surface area contributed by atoms with Gasteiger partial charge in [0.1, 0.15) is 5.78 Å². The Kier molecular flexibility index (Phi) is 2.12. The molecule has 1 unspecified atom stereocenters. The molecular weight excluding hydrogens is 144 g/mol. The number of hydrogen-bond acceptors (Lipinski definition) is 2. The number of rotatable bonds is 0. The number of nitrogens with zero attached hydrogens (tertiary/aromatic N) is 1. The second-order valence-electron chi connectivity index (χ2n) is 2.90. The van der Waals surface area contributed by atoms with Crippen LogP contribution in [0.2, 0.25) is 0 Å². The lowest BCUT2D eigenvalue weighted by atomic mass is 9.99. The highest BCUT2D eigenvalue weighted by Gasteiger charge is 2.24. The first kappa shape index (κ1) is 8.04. The summed E-state index contributed by atoms with van der Waals surface area (Å²) in [5, 5.41) is 0. The lowest BCUT2D eigenvalue weighted by Gasteiger charge is -2.28. The Morgan fingerprint density at radius 2 is 2.36 bits per heavy atom. The molecule has 1 saturated heterocycles. The zero-order valence-corrected chi connectivity index (χ0v) is 6.54. The van der Waals surface area contributed by atoms with Gasteiger partial charge in [0, 0.05) is 25.4 Å². The Balaban J connectivity index is 2.52. The Morgan fingerprint density at radius 1 is 1.73 bits per heavy atom. The summed E-state index contributed by atoms with van der Waals surface area (Å²) in [7, 11) is 0. The third-order valence-corrected chi connectivity index (χ3v) is 1.98. The molecule has 2 N–H and O–H groups in total. The van der Waals surface area contributed by atoms with Crippen LogP contribution in [0.5, 0.6) is 0 Å². The highest BCUT2D eigenvalue weighted by molar-refractivity contribution is 5.84. The summed E-state index contributed by atoms with van der Waals surface area (Å²) in [6, 6.07) is -0.427. The van der Waals surface area contributed by atoms with Gasteiger partial charge in [0.2, 0.25) is 0 Å². The molecule has 0 saturated carbocycles. The second kappa shape index (κ2) is 2.90. The van der Waals surface area contributed by atoms with Crippen LogP contribution in [0, 0.1) is 5.92 Å². The predicted octanol–water partition coefficient (Wildman–Crippen LogP) is -0.0240. The molecule has 4 heteroatoms. The fraction of sp³-hybridized carbons (Fsp3) is 0.714. The van der Waals surface area contributed by atoms with E-state index in [1.165, 1.54) is 4.90 Å². The predicted molar refractivity (Wildman–Crippen MR) is 39.9 cm³/mol. The summed E-state index contributed by atoms with van der Waals surface area (Å²) in [5.74, 6) is 0.179. The van der Waals surface area contributed by atoms with Crippen molar-refractivity contribution in [1.29, 1.82) is 0 Å². The number of hydrogen-bond donors (Lipinski definition) is 1. The molecule has 0 aliphatic carbocycles. The van der Waals surface area contributed by atoms with Crippen molar-refractivity contribution >= 4 is 11.8 Å². The van der Waals surface area contributed by atoms with Crippen molar-refractivity contribution in [1.82, 2.24) is 4.90 Å². The number of likely N-dealkylation sites (tertiary alicyclic amines) is 1. The zero-order valence-electron chi connectivity index (χ0n) is 6.54. The van der Waals surface area contributed by atoms with Gasteiger partial charge in [-0.3, -0.25) is 4.79 Å². The molecule has 0 aromatic carbocycles. The highest BCUT2D eigenvalue weighted by Crippen LogP contribution is 2.11. The number of Topliss-reactive ketones (excluding diaryl/α,β-unsaturated/α-hetero) is 1. The van der Waals surface area contributed by atoms with Crippen molar-refractivity contribution in [3.05, 3.63) is 0 Å². The van der Waals surface area contributed by atoms with E-state index < -0.39 is 6.03 Å². The fourth-order valence-electron chi connectivity index (χ4n) is 1.22. The molecule has 1 aliphatic rings. The van der Waals surface area contributed by atoms with Gasteiger partial charge in [-0.05, 0) is 0 Å². The molecule has 62 valence electrons. The Morgan fingerprint density at radius 3 is 2.82 bits per heavy atom. The number of ketones is 1. The topological polar surface area (TPSA) is 63.4 Å². The van der Waals surface area contributed by atoms with Crippen molar-refractivity contribution in [2.24, 2.45) is 11.7 Å². The molecular formula is C7H12N2O2. The molecule has 0 bridgehead atoms. The molecule has 1 atom stereocenters. The highest BCUT2D eigenvalue weighted by atomic mass is 16.2. The quantitative estimate of drug-likeness (QED) is 0.535. The van der Waals surface area contributed by atoms with E-state index in [9.17, 15) is 9.59 Å². The summed E-state index contributed by atoms with van der Waals surface area (Å²) < 4.78 is 0. The molecule has 11 heavy (non-hydrogen) atoms. The van der Waals surface area contributed by atoms with Crippen LogP contribution in [-0.4, -0.2) is 29.8 Å². The van der Waals surface area contributed by atoms with Gasteiger partial charge in [-0.25, -0.2) is 4.79 Å². The van der Waals surface area contributed by atoms with E-state index in [1.54, 1.807) is 0 Å². The maximum Gasteiger partial charge on any atom is 0.314 e. The van der Waals surface area contributed by atoms with Crippen LogP contribution >= 0.6 is 0 Å². The number of piperidine rings is 1. The fourth-order valence-corrected chi connectivity index (χ4v) is 1.22. The first-order valence-corrected chi connectivity index (χ1v) is 3.68. The van der Waals surface area contributed by atoms with Crippen LogP contribution < -0.4 is 5.73 Å². The second-order valence-corrected chi connectivity index (χ2v) is 2.90. The molecule has 0 radical (unpaired) electrons. The number of urea groups is 1. The minimum Gasteiger partial charge on any atom is -0.351 e. The maximum absolute atomic E-state index is 11.0. The number of primary amides is 1.